The standard InChI is InChI=1S/C25H26N2O3/c1-25(2)20-9-5-7-11-22(20)27(3)23(25)14-18(28)16-30-24(29)13-12-17-15-26-21-10-6-4-8-19(17)21/h4-11,14-15,26H,12-13,16H2,1-3H3. The number of allylic oxidation sites excluding steroid dienone is 1. The second-order valence-electron chi connectivity index (χ2n) is 8.22. The van der Waals surface area contributed by atoms with E-state index in [0.29, 0.717) is 6.42 Å². The van der Waals surface area contributed by atoms with Gasteiger partial charge in [0, 0.05) is 53.4 Å². The maximum Gasteiger partial charge on any atom is 0.306 e. The van der Waals surface area contributed by atoms with E-state index in [9.17, 15) is 9.59 Å². The Morgan fingerprint density at radius 2 is 1.83 bits per heavy atom. The zero-order valence-corrected chi connectivity index (χ0v) is 17.6. The molecule has 154 valence electrons. The molecule has 0 amide bonds. The summed E-state index contributed by atoms with van der Waals surface area (Å²) in [6.45, 7) is 3.96. The largest absolute Gasteiger partial charge is 0.457 e. The van der Waals surface area contributed by atoms with Gasteiger partial charge in [-0.05, 0) is 29.7 Å². The highest BCUT2D eigenvalue weighted by atomic mass is 16.5. The van der Waals surface area contributed by atoms with Gasteiger partial charge in [-0.3, -0.25) is 9.59 Å². The van der Waals surface area contributed by atoms with Gasteiger partial charge in [0.25, 0.3) is 0 Å². The number of H-pyrrole nitrogens is 1. The highest BCUT2D eigenvalue weighted by Gasteiger charge is 2.38. The van der Waals surface area contributed by atoms with Gasteiger partial charge in [-0.25, -0.2) is 0 Å². The number of para-hydroxylation sites is 2. The predicted molar refractivity (Wildman–Crippen MR) is 119 cm³/mol. The number of hydrogen-bond donors (Lipinski definition) is 1. The molecule has 0 spiro atoms. The number of nitrogens with one attached hydrogen (secondary N) is 1. The summed E-state index contributed by atoms with van der Waals surface area (Å²) in [7, 11) is 1.96. The molecule has 5 nitrogen and oxygen atoms in total. The molecule has 0 saturated carbocycles. The minimum atomic E-state index is -0.366. The number of fused-ring (bicyclic) bond motifs is 2. The third kappa shape index (κ3) is 3.63. The Labute approximate surface area is 176 Å². The Morgan fingerprint density at radius 3 is 2.63 bits per heavy atom. The smallest absolute Gasteiger partial charge is 0.306 e. The topological polar surface area (TPSA) is 62.4 Å². The first kappa shape index (κ1) is 20.0. The van der Waals surface area contributed by atoms with E-state index in [-0.39, 0.29) is 30.2 Å². The van der Waals surface area contributed by atoms with Crippen molar-refractivity contribution in [1.29, 1.82) is 0 Å². The monoisotopic (exact) mass is 402 g/mol. The third-order valence-corrected chi connectivity index (χ3v) is 5.89. The second-order valence-corrected chi connectivity index (χ2v) is 8.22. The first-order chi connectivity index (χ1) is 14.4. The van der Waals surface area contributed by atoms with Gasteiger partial charge in [0.05, 0.1) is 0 Å². The van der Waals surface area contributed by atoms with Crippen LogP contribution in [0.1, 0.15) is 31.4 Å². The van der Waals surface area contributed by atoms with E-state index in [1.807, 2.05) is 60.6 Å². The third-order valence-electron chi connectivity index (χ3n) is 5.89. The number of hydrogen-bond acceptors (Lipinski definition) is 4. The predicted octanol–water partition coefficient (Wildman–Crippen LogP) is 4.52. The van der Waals surface area contributed by atoms with Crippen molar-refractivity contribution in [3.63, 3.8) is 0 Å². The SMILES string of the molecule is CN1C(=CC(=O)COC(=O)CCc2c[nH]c3ccccc23)C(C)(C)c2ccccc21. The number of rotatable bonds is 6. The number of esters is 1. The fraction of sp³-hybridized carbons (Fsp3) is 0.280. The molecule has 0 radical (unpaired) electrons. The molecule has 30 heavy (non-hydrogen) atoms. The fourth-order valence-corrected chi connectivity index (χ4v) is 4.25. The Morgan fingerprint density at radius 1 is 1.10 bits per heavy atom. The van der Waals surface area contributed by atoms with E-state index >= 15 is 0 Å². The molecule has 1 aliphatic rings. The minimum absolute atomic E-state index is 0.210. The summed E-state index contributed by atoms with van der Waals surface area (Å²) in [5.41, 5.74) is 5.03. The Bertz CT molecular complexity index is 1140. The van der Waals surface area contributed by atoms with Gasteiger partial charge >= 0.3 is 5.97 Å². The van der Waals surface area contributed by atoms with Crippen molar-refractivity contribution in [3.05, 3.63) is 77.6 Å². The zero-order valence-electron chi connectivity index (χ0n) is 17.6. The van der Waals surface area contributed by atoms with Crippen LogP contribution in [0.2, 0.25) is 0 Å². The van der Waals surface area contributed by atoms with Crippen molar-refractivity contribution in [1.82, 2.24) is 4.98 Å². The average Bonchev–Trinajstić information content (AvgIpc) is 3.24. The molecule has 0 saturated heterocycles. The first-order valence-corrected chi connectivity index (χ1v) is 10.2. The number of nitrogens with zero attached hydrogens (tertiary/aromatic N) is 1. The number of aromatic amines is 1. The molecule has 0 aliphatic carbocycles. The van der Waals surface area contributed by atoms with E-state index < -0.39 is 0 Å². The molecule has 4 rings (SSSR count). The molecular weight excluding hydrogens is 376 g/mol. The van der Waals surface area contributed by atoms with Crippen LogP contribution in [-0.4, -0.2) is 30.4 Å². The van der Waals surface area contributed by atoms with Crippen molar-refractivity contribution in [3.8, 4) is 0 Å². The van der Waals surface area contributed by atoms with Crippen molar-refractivity contribution in [2.45, 2.75) is 32.1 Å². The number of benzene rings is 2. The van der Waals surface area contributed by atoms with Crippen molar-refractivity contribution < 1.29 is 14.3 Å². The van der Waals surface area contributed by atoms with Gasteiger partial charge in [0.1, 0.15) is 0 Å². The maximum absolute atomic E-state index is 12.5. The van der Waals surface area contributed by atoms with Crippen LogP contribution in [0.15, 0.2) is 66.5 Å². The first-order valence-electron chi connectivity index (χ1n) is 10.2. The van der Waals surface area contributed by atoms with Crippen LogP contribution in [0.25, 0.3) is 10.9 Å². The lowest BCUT2D eigenvalue weighted by Gasteiger charge is -2.23. The number of ketones is 1. The van der Waals surface area contributed by atoms with Gasteiger partial charge in [-0.15, -0.1) is 0 Å². The molecule has 2 aromatic carbocycles. The Balaban J connectivity index is 1.35. The molecule has 1 N–H and O–H groups in total. The molecule has 0 unspecified atom stereocenters. The highest BCUT2D eigenvalue weighted by molar-refractivity contribution is 5.94. The number of aryl methyl sites for hydroxylation is 1. The molecule has 2 heterocycles. The van der Waals surface area contributed by atoms with Crippen LogP contribution >= 0.6 is 0 Å². The van der Waals surface area contributed by atoms with Crippen molar-refractivity contribution in [2.75, 3.05) is 18.6 Å². The van der Waals surface area contributed by atoms with Crippen LogP contribution < -0.4 is 4.90 Å². The fourth-order valence-electron chi connectivity index (χ4n) is 4.25. The van der Waals surface area contributed by atoms with Crippen molar-refractivity contribution >= 4 is 28.3 Å². The molecule has 0 bridgehead atoms. The Kier molecular flexibility index (Phi) is 5.20. The Hall–Kier alpha value is -3.34. The summed E-state index contributed by atoms with van der Waals surface area (Å²) in [4.78, 5) is 29.9. The van der Waals surface area contributed by atoms with E-state index in [2.05, 4.69) is 24.9 Å². The lowest BCUT2D eigenvalue weighted by molar-refractivity contribution is -0.146. The number of anilines is 1. The zero-order chi connectivity index (χ0) is 21.3. The number of carbonyl (C=O) groups is 2. The lowest BCUT2D eigenvalue weighted by atomic mass is 9.83. The summed E-state index contributed by atoms with van der Waals surface area (Å²) in [6, 6.07) is 16.1. The van der Waals surface area contributed by atoms with Crippen LogP contribution in [0, 0.1) is 0 Å². The van der Waals surface area contributed by atoms with E-state index in [1.54, 1.807) is 6.08 Å². The van der Waals surface area contributed by atoms with Crippen molar-refractivity contribution in [2.24, 2.45) is 0 Å². The highest BCUT2D eigenvalue weighted by Crippen LogP contribution is 2.46. The molecule has 1 aliphatic heterocycles. The summed E-state index contributed by atoms with van der Waals surface area (Å²) in [5, 5.41) is 1.11. The normalized spacial score (nSPS) is 16.1. The molecule has 0 fully saturated rings. The van der Waals surface area contributed by atoms with Gasteiger partial charge in [0.2, 0.25) is 0 Å². The van der Waals surface area contributed by atoms with E-state index in [0.717, 1.165) is 27.9 Å². The summed E-state index contributed by atoms with van der Waals surface area (Å²) >= 11 is 0. The number of aromatic nitrogens is 1. The van der Waals surface area contributed by atoms with Crippen LogP contribution in [0.4, 0.5) is 5.69 Å². The average molecular weight is 402 g/mol. The van der Waals surface area contributed by atoms with Crippen LogP contribution in [-0.2, 0) is 26.2 Å². The van der Waals surface area contributed by atoms with E-state index in [4.69, 9.17) is 4.74 Å². The van der Waals surface area contributed by atoms with E-state index in [1.165, 1.54) is 5.56 Å². The molecule has 0 atom stereocenters. The van der Waals surface area contributed by atoms with Gasteiger partial charge < -0.3 is 14.6 Å². The van der Waals surface area contributed by atoms with Gasteiger partial charge in [-0.1, -0.05) is 50.2 Å². The minimum Gasteiger partial charge on any atom is -0.457 e. The molecule has 1 aromatic heterocycles. The molecule has 3 aromatic rings. The number of ether oxygens (including phenoxy) is 1. The maximum atomic E-state index is 12.5. The summed E-state index contributed by atoms with van der Waals surface area (Å²) in [5.74, 6) is -0.576. The van der Waals surface area contributed by atoms with Crippen LogP contribution in [0.3, 0.4) is 0 Å². The lowest BCUT2D eigenvalue weighted by Crippen LogP contribution is -2.25. The van der Waals surface area contributed by atoms with Gasteiger partial charge in [0.15, 0.2) is 12.4 Å². The quantitative estimate of drug-likeness (QED) is 0.486. The number of carbonyl (C=O) groups excluding carboxylic acids is 2. The summed E-state index contributed by atoms with van der Waals surface area (Å²) < 4.78 is 5.24. The van der Waals surface area contributed by atoms with Crippen LogP contribution in [0.5, 0.6) is 0 Å². The van der Waals surface area contributed by atoms with Gasteiger partial charge in [-0.2, -0.15) is 0 Å². The molecule has 5 heteroatoms. The molecular formula is C25H26N2O3. The summed E-state index contributed by atoms with van der Waals surface area (Å²) in [6.07, 6.45) is 4.34. The second kappa shape index (κ2) is 7.82. The number of likely N-dealkylation sites (N-methyl/N-ethyl adjacent to an activating group) is 1.